The molecule has 1 amide bonds. The highest BCUT2D eigenvalue weighted by Gasteiger charge is 2.22. The minimum atomic E-state index is -3.67. The predicted molar refractivity (Wildman–Crippen MR) is 113 cm³/mol. The zero-order valence-corrected chi connectivity index (χ0v) is 18.3. The van der Waals surface area contributed by atoms with Gasteiger partial charge in [0.15, 0.2) is 0 Å². The molecule has 158 valence electrons. The van der Waals surface area contributed by atoms with Crippen molar-refractivity contribution in [3.63, 3.8) is 0 Å². The van der Waals surface area contributed by atoms with E-state index in [-0.39, 0.29) is 22.3 Å². The van der Waals surface area contributed by atoms with Gasteiger partial charge in [-0.05, 0) is 50.1 Å². The molecule has 29 heavy (non-hydrogen) atoms. The van der Waals surface area contributed by atoms with Crippen LogP contribution in [0.15, 0.2) is 40.6 Å². The van der Waals surface area contributed by atoms with Crippen LogP contribution < -0.4 is 10.5 Å². The Kier molecular flexibility index (Phi) is 7.07. The molecule has 1 saturated heterocycles. The van der Waals surface area contributed by atoms with Crippen molar-refractivity contribution in [1.29, 1.82) is 0 Å². The van der Waals surface area contributed by atoms with Gasteiger partial charge >= 0.3 is 0 Å². The van der Waals surface area contributed by atoms with Crippen LogP contribution in [0.25, 0.3) is 0 Å². The maximum atomic E-state index is 12.3. The standard InChI is InChI=1S/C20H27N3O4S2/c1-14-11-23(12-15(2)27-14)13-16-3-5-17(6-4-16)20(24)22-10-9-18-7-8-19(28-18)29(21,25)26/h3-8,14-15H,9-13H2,1-2H3,(H,22,24)(H2,21,25,26)/t14-,15-/m1/s1. The molecule has 0 spiro atoms. The summed E-state index contributed by atoms with van der Waals surface area (Å²) < 4.78 is 28.5. The fourth-order valence-corrected chi connectivity index (χ4v) is 5.26. The van der Waals surface area contributed by atoms with E-state index < -0.39 is 10.0 Å². The minimum Gasteiger partial charge on any atom is -0.373 e. The molecule has 3 N–H and O–H groups in total. The Hall–Kier alpha value is -1.78. The quantitative estimate of drug-likeness (QED) is 0.690. The second kappa shape index (κ2) is 9.36. The molecule has 2 aromatic rings. The van der Waals surface area contributed by atoms with E-state index in [4.69, 9.17) is 9.88 Å². The summed E-state index contributed by atoms with van der Waals surface area (Å²) in [4.78, 5) is 15.6. The number of carbonyl (C=O) groups is 1. The van der Waals surface area contributed by atoms with Crippen LogP contribution in [-0.4, -0.2) is 51.1 Å². The molecule has 2 atom stereocenters. The molecular weight excluding hydrogens is 410 g/mol. The van der Waals surface area contributed by atoms with Crippen LogP contribution >= 0.6 is 11.3 Å². The van der Waals surface area contributed by atoms with Gasteiger partial charge in [-0.2, -0.15) is 0 Å². The zero-order chi connectivity index (χ0) is 21.0. The number of hydrogen-bond acceptors (Lipinski definition) is 6. The molecule has 0 radical (unpaired) electrons. The van der Waals surface area contributed by atoms with Crippen LogP contribution in [-0.2, 0) is 27.7 Å². The number of nitrogens with zero attached hydrogens (tertiary/aromatic N) is 1. The number of ether oxygens (including phenoxy) is 1. The van der Waals surface area contributed by atoms with E-state index in [1.165, 1.54) is 6.07 Å². The van der Waals surface area contributed by atoms with Gasteiger partial charge in [0.25, 0.3) is 5.91 Å². The van der Waals surface area contributed by atoms with Crippen LogP contribution in [0.5, 0.6) is 0 Å². The molecule has 9 heteroatoms. The Morgan fingerprint density at radius 2 is 1.83 bits per heavy atom. The predicted octanol–water partition coefficient (Wildman–Crippen LogP) is 1.98. The lowest BCUT2D eigenvalue weighted by molar-refractivity contribution is -0.0704. The molecule has 1 fully saturated rings. The normalized spacial score (nSPS) is 20.5. The maximum Gasteiger partial charge on any atom is 0.251 e. The highest BCUT2D eigenvalue weighted by Crippen LogP contribution is 2.20. The summed E-state index contributed by atoms with van der Waals surface area (Å²) in [5.74, 6) is -0.145. The molecule has 0 aliphatic carbocycles. The number of primary sulfonamides is 1. The first-order valence-corrected chi connectivity index (χ1v) is 11.9. The largest absolute Gasteiger partial charge is 0.373 e. The van der Waals surface area contributed by atoms with Crippen LogP contribution in [0.4, 0.5) is 0 Å². The van der Waals surface area contributed by atoms with E-state index in [0.29, 0.717) is 18.5 Å². The third kappa shape index (κ3) is 6.35. The maximum absolute atomic E-state index is 12.3. The average molecular weight is 438 g/mol. The van der Waals surface area contributed by atoms with Crippen molar-refractivity contribution in [3.8, 4) is 0 Å². The monoisotopic (exact) mass is 437 g/mol. The lowest BCUT2D eigenvalue weighted by Gasteiger charge is -2.35. The Labute approximate surface area is 175 Å². The summed E-state index contributed by atoms with van der Waals surface area (Å²) in [6.45, 7) is 7.24. The minimum absolute atomic E-state index is 0.137. The first-order valence-electron chi connectivity index (χ1n) is 9.57. The number of sulfonamides is 1. The summed E-state index contributed by atoms with van der Waals surface area (Å²) in [7, 11) is -3.67. The molecule has 1 aliphatic rings. The topological polar surface area (TPSA) is 102 Å². The van der Waals surface area contributed by atoms with Gasteiger partial charge in [-0.25, -0.2) is 13.6 Å². The third-order valence-corrected chi connectivity index (χ3v) is 7.28. The summed E-state index contributed by atoms with van der Waals surface area (Å²) in [5.41, 5.74) is 1.77. The third-order valence-electron chi connectivity index (χ3n) is 4.69. The van der Waals surface area contributed by atoms with E-state index >= 15 is 0 Å². The Balaban J connectivity index is 1.48. The summed E-state index contributed by atoms with van der Waals surface area (Å²) in [6.07, 6.45) is 1.01. The van der Waals surface area contributed by atoms with Gasteiger partial charge in [0.2, 0.25) is 10.0 Å². The molecule has 7 nitrogen and oxygen atoms in total. The Morgan fingerprint density at radius 3 is 2.41 bits per heavy atom. The number of benzene rings is 1. The van der Waals surface area contributed by atoms with Gasteiger partial charge in [-0.3, -0.25) is 9.69 Å². The van der Waals surface area contributed by atoms with Crippen LogP contribution in [0.1, 0.15) is 34.6 Å². The number of nitrogens with two attached hydrogens (primary N) is 1. The van der Waals surface area contributed by atoms with E-state index in [9.17, 15) is 13.2 Å². The number of thiophene rings is 1. The summed E-state index contributed by atoms with van der Waals surface area (Å²) in [6, 6.07) is 10.9. The van der Waals surface area contributed by atoms with Crippen molar-refractivity contribution < 1.29 is 17.9 Å². The first kappa shape index (κ1) is 21.9. The second-order valence-corrected chi connectivity index (χ2v) is 10.4. The number of morpholine rings is 1. The van der Waals surface area contributed by atoms with Gasteiger partial charge in [0.1, 0.15) is 4.21 Å². The van der Waals surface area contributed by atoms with Gasteiger partial charge in [-0.15, -0.1) is 11.3 Å². The highest BCUT2D eigenvalue weighted by atomic mass is 32.2. The van der Waals surface area contributed by atoms with Crippen molar-refractivity contribution in [3.05, 3.63) is 52.4 Å². The van der Waals surface area contributed by atoms with E-state index in [1.54, 1.807) is 6.07 Å². The molecule has 2 heterocycles. The SMILES string of the molecule is C[C@@H]1CN(Cc2ccc(C(=O)NCCc3ccc(S(N)(=O)=O)s3)cc2)C[C@@H](C)O1. The highest BCUT2D eigenvalue weighted by molar-refractivity contribution is 7.91. The first-order chi connectivity index (χ1) is 13.7. The summed E-state index contributed by atoms with van der Waals surface area (Å²) in [5, 5.41) is 7.98. The van der Waals surface area contributed by atoms with E-state index in [1.807, 2.05) is 24.3 Å². The molecule has 3 rings (SSSR count). The summed E-state index contributed by atoms with van der Waals surface area (Å²) >= 11 is 1.13. The van der Waals surface area contributed by atoms with Gasteiger partial charge in [0.05, 0.1) is 12.2 Å². The zero-order valence-electron chi connectivity index (χ0n) is 16.6. The number of rotatable bonds is 7. The Bertz CT molecular complexity index is 931. The van der Waals surface area contributed by atoms with E-state index in [0.717, 1.165) is 41.4 Å². The number of amides is 1. The smallest absolute Gasteiger partial charge is 0.251 e. The molecule has 1 aliphatic heterocycles. The van der Waals surface area contributed by atoms with Crippen LogP contribution in [0.3, 0.4) is 0 Å². The fourth-order valence-electron chi connectivity index (χ4n) is 3.48. The molecule has 1 aromatic heterocycles. The molecule has 0 bridgehead atoms. The number of nitrogens with one attached hydrogen (secondary N) is 1. The van der Waals surface area contributed by atoms with E-state index in [2.05, 4.69) is 24.1 Å². The van der Waals surface area contributed by atoms with Crippen LogP contribution in [0, 0.1) is 0 Å². The molecule has 0 saturated carbocycles. The van der Waals surface area contributed by atoms with Gasteiger partial charge in [-0.1, -0.05) is 12.1 Å². The van der Waals surface area contributed by atoms with Crippen molar-refractivity contribution in [1.82, 2.24) is 10.2 Å². The molecular formula is C20H27N3O4S2. The van der Waals surface area contributed by atoms with Gasteiger partial charge in [0, 0.05) is 36.6 Å². The van der Waals surface area contributed by atoms with Crippen molar-refractivity contribution in [2.45, 2.75) is 43.2 Å². The lowest BCUT2D eigenvalue weighted by Crippen LogP contribution is -2.44. The number of carbonyl (C=O) groups excluding carboxylic acids is 1. The van der Waals surface area contributed by atoms with Crippen molar-refractivity contribution in [2.24, 2.45) is 5.14 Å². The fraction of sp³-hybridized carbons (Fsp3) is 0.450. The lowest BCUT2D eigenvalue weighted by atomic mass is 10.1. The molecule has 1 aromatic carbocycles. The number of hydrogen-bond donors (Lipinski definition) is 2. The molecule has 0 unspecified atom stereocenters. The second-order valence-electron chi connectivity index (χ2n) is 7.42. The van der Waals surface area contributed by atoms with Gasteiger partial charge < -0.3 is 10.1 Å². The van der Waals surface area contributed by atoms with Crippen molar-refractivity contribution in [2.75, 3.05) is 19.6 Å². The van der Waals surface area contributed by atoms with Crippen LogP contribution in [0.2, 0.25) is 0 Å². The van der Waals surface area contributed by atoms with Crippen molar-refractivity contribution >= 4 is 27.3 Å². The Morgan fingerprint density at radius 1 is 1.17 bits per heavy atom. The average Bonchev–Trinajstić information content (AvgIpc) is 3.11.